The van der Waals surface area contributed by atoms with Crippen LogP contribution in [-0.4, -0.2) is 62.9 Å². The summed E-state index contributed by atoms with van der Waals surface area (Å²) in [5, 5.41) is 2.78. The molecule has 2 heterocycles. The molecule has 158 valence electrons. The lowest BCUT2D eigenvalue weighted by molar-refractivity contribution is -0.138. The average molecular weight is 411 g/mol. The second kappa shape index (κ2) is 9.49. The van der Waals surface area contributed by atoms with Crippen molar-refractivity contribution in [1.82, 2.24) is 10.2 Å². The Kier molecular flexibility index (Phi) is 6.34. The van der Waals surface area contributed by atoms with E-state index in [1.807, 2.05) is 36.4 Å². The smallest absolute Gasteiger partial charge is 0.248 e. The summed E-state index contributed by atoms with van der Waals surface area (Å²) >= 11 is 0. The van der Waals surface area contributed by atoms with Gasteiger partial charge in [0.1, 0.15) is 13.2 Å². The van der Waals surface area contributed by atoms with E-state index in [0.29, 0.717) is 31.1 Å². The molecule has 2 aromatic rings. The number of fused-ring (bicyclic) bond motifs is 1. The predicted molar refractivity (Wildman–Crippen MR) is 110 cm³/mol. The van der Waals surface area contributed by atoms with Crippen LogP contribution in [0.5, 0.6) is 11.5 Å². The van der Waals surface area contributed by atoms with E-state index in [1.54, 1.807) is 4.90 Å². The third-order valence-electron chi connectivity index (χ3n) is 5.14. The summed E-state index contributed by atoms with van der Waals surface area (Å²) in [6, 6.07) is 15.7. The first kappa shape index (κ1) is 20.0. The van der Waals surface area contributed by atoms with Crippen molar-refractivity contribution < 1.29 is 23.8 Å². The first-order valence-electron chi connectivity index (χ1n) is 10.00. The van der Waals surface area contributed by atoms with Crippen LogP contribution in [-0.2, 0) is 20.9 Å². The normalized spacial score (nSPS) is 15.2. The molecule has 0 spiro atoms. The van der Waals surface area contributed by atoms with Crippen molar-refractivity contribution >= 4 is 17.5 Å². The second-order valence-corrected chi connectivity index (χ2v) is 7.16. The fourth-order valence-electron chi connectivity index (χ4n) is 3.48. The van der Waals surface area contributed by atoms with Crippen LogP contribution in [0.25, 0.3) is 0 Å². The number of rotatable bonds is 7. The van der Waals surface area contributed by atoms with Gasteiger partial charge in [-0.3, -0.25) is 9.59 Å². The molecule has 8 heteroatoms. The number of para-hydroxylation sites is 1. The van der Waals surface area contributed by atoms with Crippen LogP contribution in [0.15, 0.2) is 48.5 Å². The molecular weight excluding hydrogens is 386 g/mol. The highest BCUT2D eigenvalue weighted by Crippen LogP contribution is 2.32. The minimum absolute atomic E-state index is 0.0914. The molecule has 2 aromatic carbocycles. The van der Waals surface area contributed by atoms with Crippen molar-refractivity contribution in [3.8, 4) is 11.5 Å². The van der Waals surface area contributed by atoms with E-state index in [9.17, 15) is 9.59 Å². The number of hydrogen-bond donors (Lipinski definition) is 1. The molecule has 0 saturated carbocycles. The molecule has 0 aromatic heterocycles. The molecule has 1 N–H and O–H groups in total. The summed E-state index contributed by atoms with van der Waals surface area (Å²) in [5.74, 6) is 1.02. The van der Waals surface area contributed by atoms with E-state index in [2.05, 4.69) is 22.3 Å². The Morgan fingerprint density at radius 3 is 2.50 bits per heavy atom. The zero-order chi connectivity index (χ0) is 20.8. The van der Waals surface area contributed by atoms with Crippen LogP contribution in [0.3, 0.4) is 0 Å². The van der Waals surface area contributed by atoms with Gasteiger partial charge < -0.3 is 29.3 Å². The number of amides is 2. The number of ether oxygens (including phenoxy) is 3. The SMILES string of the molecule is O=C(COCC(=O)N1CCN(c2ccccc2)CC1)NCc1ccc2c(c1)OCO2. The van der Waals surface area contributed by atoms with Gasteiger partial charge in [0.15, 0.2) is 11.5 Å². The summed E-state index contributed by atoms with van der Waals surface area (Å²) < 4.78 is 15.9. The number of nitrogens with zero attached hydrogens (tertiary/aromatic N) is 2. The minimum Gasteiger partial charge on any atom is -0.454 e. The first-order chi connectivity index (χ1) is 14.7. The zero-order valence-electron chi connectivity index (χ0n) is 16.7. The Morgan fingerprint density at radius 1 is 0.933 bits per heavy atom. The molecule has 0 unspecified atom stereocenters. The summed E-state index contributed by atoms with van der Waals surface area (Å²) in [6.45, 7) is 3.18. The third kappa shape index (κ3) is 5.01. The van der Waals surface area contributed by atoms with Gasteiger partial charge in [-0.05, 0) is 29.8 Å². The fraction of sp³-hybridized carbons (Fsp3) is 0.364. The lowest BCUT2D eigenvalue weighted by atomic mass is 10.2. The summed E-state index contributed by atoms with van der Waals surface area (Å²) in [4.78, 5) is 28.4. The highest BCUT2D eigenvalue weighted by molar-refractivity contribution is 5.80. The van der Waals surface area contributed by atoms with Crippen LogP contribution in [0.4, 0.5) is 5.69 Å². The van der Waals surface area contributed by atoms with E-state index in [0.717, 1.165) is 18.7 Å². The maximum atomic E-state index is 12.3. The number of anilines is 1. The van der Waals surface area contributed by atoms with E-state index < -0.39 is 0 Å². The monoisotopic (exact) mass is 411 g/mol. The second-order valence-electron chi connectivity index (χ2n) is 7.16. The molecule has 1 fully saturated rings. The van der Waals surface area contributed by atoms with Crippen molar-refractivity contribution in [1.29, 1.82) is 0 Å². The molecule has 0 bridgehead atoms. The Bertz CT molecular complexity index is 882. The molecule has 2 aliphatic rings. The summed E-state index contributed by atoms with van der Waals surface area (Å²) in [6.07, 6.45) is 0. The third-order valence-corrected chi connectivity index (χ3v) is 5.14. The van der Waals surface area contributed by atoms with Gasteiger partial charge in [-0.1, -0.05) is 24.3 Å². The van der Waals surface area contributed by atoms with Gasteiger partial charge in [0, 0.05) is 38.4 Å². The Morgan fingerprint density at radius 2 is 1.70 bits per heavy atom. The minimum atomic E-state index is -0.269. The van der Waals surface area contributed by atoms with Gasteiger partial charge in [-0.15, -0.1) is 0 Å². The van der Waals surface area contributed by atoms with E-state index in [4.69, 9.17) is 14.2 Å². The van der Waals surface area contributed by atoms with Crippen molar-refractivity contribution in [2.45, 2.75) is 6.54 Å². The quantitative estimate of drug-likeness (QED) is 0.742. The van der Waals surface area contributed by atoms with Gasteiger partial charge in [-0.25, -0.2) is 0 Å². The highest BCUT2D eigenvalue weighted by Gasteiger charge is 2.21. The number of nitrogens with one attached hydrogen (secondary N) is 1. The lowest BCUT2D eigenvalue weighted by Crippen LogP contribution is -2.50. The highest BCUT2D eigenvalue weighted by atomic mass is 16.7. The number of carbonyl (C=O) groups excluding carboxylic acids is 2. The Hall–Kier alpha value is -3.26. The molecule has 4 rings (SSSR count). The van der Waals surface area contributed by atoms with Gasteiger partial charge in [0.05, 0.1) is 0 Å². The molecule has 30 heavy (non-hydrogen) atoms. The van der Waals surface area contributed by atoms with Crippen molar-refractivity contribution in [3.63, 3.8) is 0 Å². The predicted octanol–water partition coefficient (Wildman–Crippen LogP) is 1.40. The van der Waals surface area contributed by atoms with Gasteiger partial charge in [0.2, 0.25) is 18.6 Å². The van der Waals surface area contributed by atoms with Crippen LogP contribution >= 0.6 is 0 Å². The van der Waals surface area contributed by atoms with Gasteiger partial charge in [-0.2, -0.15) is 0 Å². The Balaban J connectivity index is 1.13. The molecule has 2 aliphatic heterocycles. The molecule has 2 amide bonds. The molecule has 8 nitrogen and oxygen atoms in total. The van der Waals surface area contributed by atoms with Crippen LogP contribution in [0.2, 0.25) is 0 Å². The Labute approximate surface area is 175 Å². The van der Waals surface area contributed by atoms with Crippen LogP contribution in [0, 0.1) is 0 Å². The number of piperazine rings is 1. The summed E-state index contributed by atoms with van der Waals surface area (Å²) in [5.41, 5.74) is 2.07. The van der Waals surface area contributed by atoms with E-state index in [-0.39, 0.29) is 31.8 Å². The zero-order valence-corrected chi connectivity index (χ0v) is 16.7. The topological polar surface area (TPSA) is 80.3 Å². The van der Waals surface area contributed by atoms with Crippen LogP contribution < -0.4 is 19.7 Å². The molecular formula is C22H25N3O5. The maximum Gasteiger partial charge on any atom is 0.248 e. The number of carbonyl (C=O) groups is 2. The first-order valence-corrected chi connectivity index (χ1v) is 10.00. The maximum absolute atomic E-state index is 12.3. The largest absolute Gasteiger partial charge is 0.454 e. The molecule has 0 atom stereocenters. The van der Waals surface area contributed by atoms with Crippen molar-refractivity contribution in [3.05, 3.63) is 54.1 Å². The standard InChI is InChI=1S/C22H25N3O5/c26-21(23-13-17-6-7-19-20(12-17)30-16-29-19)14-28-15-22(27)25-10-8-24(9-11-25)18-4-2-1-3-5-18/h1-7,12H,8-11,13-16H2,(H,23,26). The average Bonchev–Trinajstić information content (AvgIpc) is 3.26. The van der Waals surface area contributed by atoms with Crippen molar-refractivity contribution in [2.24, 2.45) is 0 Å². The lowest BCUT2D eigenvalue weighted by Gasteiger charge is -2.36. The van der Waals surface area contributed by atoms with Crippen LogP contribution in [0.1, 0.15) is 5.56 Å². The molecule has 1 saturated heterocycles. The fourth-order valence-corrected chi connectivity index (χ4v) is 3.48. The molecule has 0 radical (unpaired) electrons. The molecule has 0 aliphatic carbocycles. The van der Waals surface area contributed by atoms with E-state index in [1.165, 1.54) is 5.69 Å². The van der Waals surface area contributed by atoms with Gasteiger partial charge in [0.25, 0.3) is 0 Å². The van der Waals surface area contributed by atoms with E-state index >= 15 is 0 Å². The number of benzene rings is 2. The summed E-state index contributed by atoms with van der Waals surface area (Å²) in [7, 11) is 0. The van der Waals surface area contributed by atoms with Crippen molar-refractivity contribution in [2.75, 3.05) is 51.1 Å². The number of hydrogen-bond acceptors (Lipinski definition) is 6. The van der Waals surface area contributed by atoms with Gasteiger partial charge >= 0.3 is 0 Å².